The van der Waals surface area contributed by atoms with E-state index in [-0.39, 0.29) is 6.04 Å². The van der Waals surface area contributed by atoms with Crippen LogP contribution in [0.1, 0.15) is 41.6 Å². The second-order valence-electron chi connectivity index (χ2n) is 10.2. The van der Waals surface area contributed by atoms with E-state index in [4.69, 9.17) is 14.7 Å². The van der Waals surface area contributed by atoms with Crippen LogP contribution >= 0.6 is 0 Å². The van der Waals surface area contributed by atoms with Crippen molar-refractivity contribution in [3.05, 3.63) is 40.6 Å². The molecule has 35 heavy (non-hydrogen) atoms. The van der Waals surface area contributed by atoms with Gasteiger partial charge in [0.1, 0.15) is 12.4 Å². The van der Waals surface area contributed by atoms with Gasteiger partial charge in [0.2, 0.25) is 0 Å². The Labute approximate surface area is 208 Å². The molecule has 2 saturated heterocycles. The molecule has 1 aromatic heterocycles. The van der Waals surface area contributed by atoms with Crippen LogP contribution in [0.5, 0.6) is 6.01 Å². The van der Waals surface area contributed by atoms with Gasteiger partial charge in [0.15, 0.2) is 0 Å². The largest absolute Gasteiger partial charge is 0.462 e. The number of likely N-dealkylation sites (tertiary alicyclic amines) is 1. The third-order valence-electron chi connectivity index (χ3n) is 7.91. The second kappa shape index (κ2) is 10.4. The lowest BCUT2D eigenvalue weighted by Gasteiger charge is -2.37. The van der Waals surface area contributed by atoms with Crippen molar-refractivity contribution in [2.75, 3.05) is 56.2 Å². The van der Waals surface area contributed by atoms with Crippen LogP contribution in [-0.2, 0) is 13.0 Å². The number of hydrogen-bond acceptors (Lipinski definition) is 8. The molecule has 3 aliphatic rings. The molecule has 0 aliphatic carbocycles. The Bertz CT molecular complexity index is 1100. The van der Waals surface area contributed by atoms with Crippen molar-refractivity contribution in [3.8, 4) is 12.1 Å². The zero-order valence-electron chi connectivity index (χ0n) is 21.3. The molecule has 1 N–H and O–H groups in total. The van der Waals surface area contributed by atoms with Crippen LogP contribution in [0.4, 0.5) is 11.5 Å². The highest BCUT2D eigenvalue weighted by Gasteiger charge is 2.29. The topological polar surface area (TPSA) is 80.6 Å². The predicted octanol–water partition coefficient (Wildman–Crippen LogP) is 2.82. The van der Waals surface area contributed by atoms with E-state index >= 15 is 0 Å². The molecular formula is C27H37N7O. The van der Waals surface area contributed by atoms with Crippen LogP contribution < -0.4 is 19.9 Å². The molecule has 5 rings (SSSR count). The summed E-state index contributed by atoms with van der Waals surface area (Å²) in [5.74, 6) is 0.995. The van der Waals surface area contributed by atoms with Gasteiger partial charge in [0, 0.05) is 49.5 Å². The van der Waals surface area contributed by atoms with Crippen molar-refractivity contribution in [3.63, 3.8) is 0 Å². The van der Waals surface area contributed by atoms with Gasteiger partial charge in [-0.15, -0.1) is 0 Å². The third kappa shape index (κ3) is 5.07. The number of ether oxygens (including phenoxy) is 1. The van der Waals surface area contributed by atoms with Crippen LogP contribution in [-0.4, -0.2) is 73.3 Å². The normalized spacial score (nSPS) is 22.7. The van der Waals surface area contributed by atoms with Gasteiger partial charge in [-0.25, -0.2) is 0 Å². The molecule has 0 bridgehead atoms. The van der Waals surface area contributed by atoms with Gasteiger partial charge in [-0.1, -0.05) is 12.1 Å². The number of fused-ring (bicyclic) bond motifs is 1. The number of nitrogens with zero attached hydrogens (tertiary/aromatic N) is 6. The molecule has 0 saturated carbocycles. The van der Waals surface area contributed by atoms with Crippen molar-refractivity contribution in [1.82, 2.24) is 20.2 Å². The minimum Gasteiger partial charge on any atom is -0.462 e. The highest BCUT2D eigenvalue weighted by atomic mass is 16.5. The van der Waals surface area contributed by atoms with Gasteiger partial charge in [0.25, 0.3) is 0 Å². The maximum atomic E-state index is 9.22. The van der Waals surface area contributed by atoms with Crippen LogP contribution in [0, 0.1) is 25.2 Å². The maximum Gasteiger partial charge on any atom is 0.318 e. The molecule has 1 aromatic carbocycles. The number of nitrogens with one attached hydrogen (secondary N) is 1. The molecule has 8 heteroatoms. The van der Waals surface area contributed by atoms with E-state index in [0.29, 0.717) is 25.1 Å². The van der Waals surface area contributed by atoms with Crippen LogP contribution in [0.25, 0.3) is 0 Å². The molecule has 0 spiro atoms. The van der Waals surface area contributed by atoms with Crippen molar-refractivity contribution >= 4 is 11.5 Å². The van der Waals surface area contributed by atoms with Crippen molar-refractivity contribution in [2.24, 2.45) is 0 Å². The summed E-state index contributed by atoms with van der Waals surface area (Å²) in [6.07, 6.45) is 3.77. The molecule has 186 valence electrons. The Balaban J connectivity index is 1.44. The van der Waals surface area contributed by atoms with Gasteiger partial charge in [-0.3, -0.25) is 0 Å². The fourth-order valence-corrected chi connectivity index (χ4v) is 5.62. The first-order chi connectivity index (χ1) is 17.0. The number of likely N-dealkylation sites (N-methyl/N-ethyl adjacent to an activating group) is 1. The maximum absolute atomic E-state index is 9.22. The first kappa shape index (κ1) is 23.8. The number of hydrogen-bond donors (Lipinski definition) is 1. The zero-order chi connectivity index (χ0) is 24.4. The first-order valence-corrected chi connectivity index (χ1v) is 12.9. The van der Waals surface area contributed by atoms with E-state index in [1.54, 1.807) is 0 Å². The minimum atomic E-state index is 0.158. The number of nitriles is 1. The molecule has 8 nitrogen and oxygen atoms in total. The lowest BCUT2D eigenvalue weighted by atomic mass is 10.0. The molecule has 3 aliphatic heterocycles. The highest BCUT2D eigenvalue weighted by Crippen LogP contribution is 2.33. The summed E-state index contributed by atoms with van der Waals surface area (Å²) in [6.45, 7) is 10.3. The number of aryl methyl sites for hydroxylation is 1. The van der Waals surface area contributed by atoms with E-state index in [1.165, 1.54) is 28.8 Å². The average Bonchev–Trinajstić information content (AvgIpc) is 3.28. The molecular weight excluding hydrogens is 438 g/mol. The van der Waals surface area contributed by atoms with Gasteiger partial charge in [-0.2, -0.15) is 15.2 Å². The van der Waals surface area contributed by atoms with Crippen molar-refractivity contribution in [2.45, 2.75) is 58.2 Å². The molecule has 4 heterocycles. The summed E-state index contributed by atoms with van der Waals surface area (Å²) in [6, 6.07) is 9.90. The van der Waals surface area contributed by atoms with E-state index in [0.717, 1.165) is 63.6 Å². The summed E-state index contributed by atoms with van der Waals surface area (Å²) in [5.41, 5.74) is 6.21. The van der Waals surface area contributed by atoms with Crippen LogP contribution in [0.3, 0.4) is 0 Å². The molecule has 2 atom stereocenters. The van der Waals surface area contributed by atoms with Crippen LogP contribution in [0.2, 0.25) is 0 Å². The van der Waals surface area contributed by atoms with Crippen molar-refractivity contribution in [1.29, 1.82) is 5.26 Å². The fraction of sp³-hybridized carbons (Fsp3) is 0.593. The lowest BCUT2D eigenvalue weighted by molar-refractivity contribution is 0.187. The molecule has 0 radical (unpaired) electrons. The Morgan fingerprint density at radius 3 is 2.86 bits per heavy atom. The molecule has 0 amide bonds. The summed E-state index contributed by atoms with van der Waals surface area (Å²) in [4.78, 5) is 17.1. The standard InChI is InChI=1S/C27H37N7O/c1-19-6-4-8-25(20(19)2)33-14-10-23-24(17-33)30-27(35-18-22-7-5-13-32(22)3)31-26(23)34-15-12-29-21(16-34)9-11-28/h4,6,8,21-22,29H,5,7,9-10,12-18H2,1-3H3. The monoisotopic (exact) mass is 475 g/mol. The van der Waals surface area contributed by atoms with E-state index in [2.05, 4.69) is 65.2 Å². The Hall–Kier alpha value is -2.89. The number of rotatable bonds is 6. The lowest BCUT2D eigenvalue weighted by Crippen LogP contribution is -2.51. The van der Waals surface area contributed by atoms with Crippen molar-refractivity contribution < 1.29 is 4.74 Å². The summed E-state index contributed by atoms with van der Waals surface area (Å²) in [5, 5.41) is 12.7. The first-order valence-electron chi connectivity index (χ1n) is 12.9. The number of piperazine rings is 1. The molecule has 2 aromatic rings. The van der Waals surface area contributed by atoms with Gasteiger partial charge >= 0.3 is 6.01 Å². The van der Waals surface area contributed by atoms with Gasteiger partial charge < -0.3 is 24.8 Å². The van der Waals surface area contributed by atoms with E-state index in [9.17, 15) is 5.26 Å². The van der Waals surface area contributed by atoms with Gasteiger partial charge in [0.05, 0.1) is 24.7 Å². The minimum absolute atomic E-state index is 0.158. The Morgan fingerprint density at radius 2 is 2.06 bits per heavy atom. The number of benzene rings is 1. The van der Waals surface area contributed by atoms with E-state index < -0.39 is 0 Å². The average molecular weight is 476 g/mol. The fourth-order valence-electron chi connectivity index (χ4n) is 5.62. The number of aromatic nitrogens is 2. The smallest absolute Gasteiger partial charge is 0.318 e. The number of anilines is 2. The van der Waals surface area contributed by atoms with Gasteiger partial charge in [-0.05, 0) is 63.9 Å². The van der Waals surface area contributed by atoms with E-state index in [1.807, 2.05) is 0 Å². The SMILES string of the molecule is Cc1cccc(N2CCc3c(nc(OCC4CCCN4C)nc3N3CCNC(CC#N)C3)C2)c1C. The zero-order valence-corrected chi connectivity index (χ0v) is 21.3. The summed E-state index contributed by atoms with van der Waals surface area (Å²) in [7, 11) is 2.16. The molecule has 2 unspecified atom stereocenters. The Kier molecular flexibility index (Phi) is 7.07. The molecule has 2 fully saturated rings. The predicted molar refractivity (Wildman–Crippen MR) is 138 cm³/mol. The highest BCUT2D eigenvalue weighted by molar-refractivity contribution is 5.59. The Morgan fingerprint density at radius 1 is 1.17 bits per heavy atom. The van der Waals surface area contributed by atoms with Crippen LogP contribution in [0.15, 0.2) is 18.2 Å². The quantitative estimate of drug-likeness (QED) is 0.683. The second-order valence-corrected chi connectivity index (χ2v) is 10.2. The summed E-state index contributed by atoms with van der Waals surface area (Å²) < 4.78 is 6.24. The third-order valence-corrected chi connectivity index (χ3v) is 7.91. The summed E-state index contributed by atoms with van der Waals surface area (Å²) >= 11 is 0.